The van der Waals surface area contributed by atoms with E-state index in [4.69, 9.17) is 11.6 Å². The maximum atomic E-state index is 11.9. The highest BCUT2D eigenvalue weighted by atomic mass is 79.9. The Labute approximate surface area is 130 Å². The normalized spacial score (nSPS) is 12.6. The van der Waals surface area contributed by atoms with E-state index in [9.17, 15) is 4.79 Å². The molecular weight excluding hydrogens is 381 g/mol. The number of benzene rings is 1. The van der Waals surface area contributed by atoms with E-state index in [1.54, 1.807) is 12.1 Å². The summed E-state index contributed by atoms with van der Waals surface area (Å²) in [7, 11) is 0. The van der Waals surface area contributed by atoms with E-state index in [-0.39, 0.29) is 11.3 Å². The first-order valence-electron chi connectivity index (χ1n) is 5.77. The first-order valence-corrected chi connectivity index (χ1v) is 7.79. The number of amides is 1. The Kier molecular flexibility index (Phi) is 6.67. The molecule has 1 atom stereocenters. The van der Waals surface area contributed by atoms with Crippen LogP contribution in [0.15, 0.2) is 27.1 Å². The summed E-state index contributed by atoms with van der Waals surface area (Å²) < 4.78 is 1.73. The average molecular weight is 398 g/mol. The van der Waals surface area contributed by atoms with E-state index < -0.39 is 0 Å². The minimum absolute atomic E-state index is 0.0236. The number of hydrogen-bond acceptors (Lipinski definition) is 1. The topological polar surface area (TPSA) is 29.1 Å². The third-order valence-corrected chi connectivity index (χ3v) is 3.58. The summed E-state index contributed by atoms with van der Waals surface area (Å²) in [4.78, 5) is 11.9. The lowest BCUT2D eigenvalue weighted by Gasteiger charge is -2.13. The zero-order valence-electron chi connectivity index (χ0n) is 10.3. The van der Waals surface area contributed by atoms with Gasteiger partial charge in [0.25, 0.3) is 5.91 Å². The second kappa shape index (κ2) is 7.51. The van der Waals surface area contributed by atoms with Gasteiger partial charge in [0.15, 0.2) is 0 Å². The third-order valence-electron chi connectivity index (χ3n) is 2.34. The minimum atomic E-state index is -0.105. The molecule has 2 nitrogen and oxygen atoms in total. The lowest BCUT2D eigenvalue weighted by molar-refractivity contribution is 0.0952. The lowest BCUT2D eigenvalue weighted by atomic mass is 10.1. The third kappa shape index (κ3) is 5.72. The van der Waals surface area contributed by atoms with Crippen LogP contribution in [0.4, 0.5) is 0 Å². The van der Waals surface area contributed by atoms with Crippen LogP contribution in [0.3, 0.4) is 0 Å². The maximum Gasteiger partial charge on any atom is 0.251 e. The highest BCUT2D eigenvalue weighted by Crippen LogP contribution is 2.20. The number of carbonyl (C=O) groups is 1. The predicted octanol–water partition coefficient (Wildman–Crippen LogP) is 4.59. The lowest BCUT2D eigenvalue weighted by Crippen LogP contribution is -2.30. The molecule has 1 N–H and O–H groups in total. The number of nitrogens with one attached hydrogen (secondary N) is 1. The zero-order chi connectivity index (χ0) is 13.7. The van der Waals surface area contributed by atoms with Gasteiger partial charge >= 0.3 is 0 Å². The molecule has 0 saturated carbocycles. The summed E-state index contributed by atoms with van der Waals surface area (Å²) in [6, 6.07) is 5.46. The highest BCUT2D eigenvalue weighted by Gasteiger charge is 2.11. The Balaban J connectivity index is 2.55. The molecule has 0 radical (unpaired) electrons. The first kappa shape index (κ1) is 16.0. The molecule has 1 amide bonds. The molecule has 18 heavy (non-hydrogen) atoms. The van der Waals surface area contributed by atoms with Crippen LogP contribution < -0.4 is 5.32 Å². The Morgan fingerprint density at radius 2 is 1.83 bits per heavy atom. The van der Waals surface area contributed by atoms with Gasteiger partial charge < -0.3 is 5.32 Å². The number of hydrogen-bond donors (Lipinski definition) is 1. The standard InChI is InChI=1S/C13H16Br2ClNO/c1-8(2)3-12(16)7-17-13(18)9-4-10(14)6-11(15)5-9/h4-6,8,12H,3,7H2,1-2H3,(H,17,18). The number of alkyl halides is 1. The highest BCUT2D eigenvalue weighted by molar-refractivity contribution is 9.11. The fraction of sp³-hybridized carbons (Fsp3) is 0.462. The summed E-state index contributed by atoms with van der Waals surface area (Å²) in [5.41, 5.74) is 0.615. The average Bonchev–Trinajstić information content (AvgIpc) is 2.23. The van der Waals surface area contributed by atoms with Crippen molar-refractivity contribution in [1.82, 2.24) is 5.32 Å². The van der Waals surface area contributed by atoms with Crippen LogP contribution in [0.1, 0.15) is 30.6 Å². The van der Waals surface area contributed by atoms with Gasteiger partial charge in [0.2, 0.25) is 0 Å². The van der Waals surface area contributed by atoms with Crippen LogP contribution in [0.2, 0.25) is 0 Å². The van der Waals surface area contributed by atoms with Gasteiger partial charge in [0.05, 0.1) is 5.38 Å². The van der Waals surface area contributed by atoms with Gasteiger partial charge in [-0.1, -0.05) is 45.7 Å². The van der Waals surface area contributed by atoms with Gasteiger partial charge in [-0.15, -0.1) is 11.6 Å². The quantitative estimate of drug-likeness (QED) is 0.723. The van der Waals surface area contributed by atoms with Crippen molar-refractivity contribution in [3.63, 3.8) is 0 Å². The van der Waals surface area contributed by atoms with Crippen LogP contribution in [-0.2, 0) is 0 Å². The Morgan fingerprint density at radius 1 is 1.28 bits per heavy atom. The smallest absolute Gasteiger partial charge is 0.251 e. The van der Waals surface area contributed by atoms with Crippen molar-refractivity contribution in [3.8, 4) is 0 Å². The van der Waals surface area contributed by atoms with Gasteiger partial charge in [-0.25, -0.2) is 0 Å². The van der Waals surface area contributed by atoms with Crippen LogP contribution in [-0.4, -0.2) is 17.8 Å². The molecule has 0 aliphatic rings. The van der Waals surface area contributed by atoms with Crippen molar-refractivity contribution in [2.24, 2.45) is 5.92 Å². The van der Waals surface area contributed by atoms with E-state index in [0.717, 1.165) is 15.4 Å². The molecule has 0 aliphatic carbocycles. The first-order chi connectivity index (χ1) is 8.38. The molecule has 0 aromatic heterocycles. The second-order valence-corrected chi connectivity index (χ2v) is 7.04. The monoisotopic (exact) mass is 395 g/mol. The Morgan fingerprint density at radius 3 is 2.33 bits per heavy atom. The largest absolute Gasteiger partial charge is 0.351 e. The van der Waals surface area contributed by atoms with Crippen LogP contribution >= 0.6 is 43.5 Å². The minimum Gasteiger partial charge on any atom is -0.351 e. The molecule has 5 heteroatoms. The van der Waals surface area contributed by atoms with E-state index in [1.807, 2.05) is 6.07 Å². The van der Waals surface area contributed by atoms with Crippen molar-refractivity contribution in [1.29, 1.82) is 0 Å². The zero-order valence-corrected chi connectivity index (χ0v) is 14.3. The summed E-state index contributed by atoms with van der Waals surface area (Å²) in [5.74, 6) is 0.427. The SMILES string of the molecule is CC(C)CC(Cl)CNC(=O)c1cc(Br)cc(Br)c1. The molecule has 1 aromatic carbocycles. The van der Waals surface area contributed by atoms with Crippen molar-refractivity contribution in [2.75, 3.05) is 6.54 Å². The molecule has 0 fully saturated rings. The summed E-state index contributed by atoms with van der Waals surface area (Å²) in [6.45, 7) is 4.72. The maximum absolute atomic E-state index is 11.9. The van der Waals surface area contributed by atoms with Crippen LogP contribution in [0.25, 0.3) is 0 Å². The summed E-state index contributed by atoms with van der Waals surface area (Å²) in [6.07, 6.45) is 0.893. The summed E-state index contributed by atoms with van der Waals surface area (Å²) >= 11 is 12.9. The van der Waals surface area contributed by atoms with E-state index in [1.165, 1.54) is 0 Å². The molecule has 1 rings (SSSR count). The molecule has 0 spiro atoms. The fourth-order valence-electron chi connectivity index (χ4n) is 1.59. The Bertz CT molecular complexity index is 403. The fourth-order valence-corrected chi connectivity index (χ4v) is 3.31. The molecule has 0 heterocycles. The van der Waals surface area contributed by atoms with Gasteiger partial charge in [-0.3, -0.25) is 4.79 Å². The predicted molar refractivity (Wildman–Crippen MR) is 83.3 cm³/mol. The molecule has 100 valence electrons. The van der Waals surface area contributed by atoms with E-state index in [0.29, 0.717) is 18.0 Å². The molecule has 0 saturated heterocycles. The van der Waals surface area contributed by atoms with Gasteiger partial charge in [0, 0.05) is 21.1 Å². The van der Waals surface area contributed by atoms with E-state index >= 15 is 0 Å². The summed E-state index contributed by atoms with van der Waals surface area (Å²) in [5, 5.41) is 2.82. The molecule has 0 aliphatic heterocycles. The van der Waals surface area contributed by atoms with Crippen molar-refractivity contribution >= 4 is 49.4 Å². The number of halogens is 3. The van der Waals surface area contributed by atoms with Crippen molar-refractivity contribution in [3.05, 3.63) is 32.7 Å². The van der Waals surface area contributed by atoms with Crippen molar-refractivity contribution < 1.29 is 4.79 Å². The van der Waals surface area contributed by atoms with Crippen LogP contribution in [0, 0.1) is 5.92 Å². The number of rotatable bonds is 5. The van der Waals surface area contributed by atoms with Crippen molar-refractivity contribution in [2.45, 2.75) is 25.6 Å². The molecule has 1 aromatic rings. The second-order valence-electron chi connectivity index (χ2n) is 4.59. The van der Waals surface area contributed by atoms with Crippen LogP contribution in [0.5, 0.6) is 0 Å². The number of carbonyl (C=O) groups excluding carboxylic acids is 1. The molecule has 1 unspecified atom stereocenters. The molecular formula is C13H16Br2ClNO. The van der Waals surface area contributed by atoms with Gasteiger partial charge in [-0.05, 0) is 30.5 Å². The van der Waals surface area contributed by atoms with E-state index in [2.05, 4.69) is 51.0 Å². The Hall–Kier alpha value is -0.0600. The van der Waals surface area contributed by atoms with Gasteiger partial charge in [-0.2, -0.15) is 0 Å². The van der Waals surface area contributed by atoms with Gasteiger partial charge in [0.1, 0.15) is 0 Å². The molecule has 0 bridgehead atoms.